The van der Waals surface area contributed by atoms with Crippen LogP contribution in [0, 0.1) is 0 Å². The topological polar surface area (TPSA) is 77.2 Å². The molecule has 2 rings (SSSR count). The van der Waals surface area contributed by atoms with Gasteiger partial charge in [0.25, 0.3) is 5.92 Å². The summed E-state index contributed by atoms with van der Waals surface area (Å²) in [5, 5.41) is 2.68. The summed E-state index contributed by atoms with van der Waals surface area (Å²) in [7, 11) is 1.22. The van der Waals surface area contributed by atoms with E-state index in [4.69, 9.17) is 5.73 Å². The van der Waals surface area contributed by atoms with E-state index in [1.165, 1.54) is 19.4 Å². The third kappa shape index (κ3) is 3.17. The highest BCUT2D eigenvalue weighted by Crippen LogP contribution is 2.36. The summed E-state index contributed by atoms with van der Waals surface area (Å²) < 4.78 is 30.8. The lowest BCUT2D eigenvalue weighted by Gasteiger charge is -2.14. The zero-order valence-electron chi connectivity index (χ0n) is 9.74. The van der Waals surface area contributed by atoms with Gasteiger partial charge < -0.3 is 15.8 Å². The molecule has 1 fully saturated rings. The van der Waals surface area contributed by atoms with Gasteiger partial charge >= 0.3 is 5.97 Å². The van der Waals surface area contributed by atoms with Gasteiger partial charge in [0.05, 0.1) is 25.5 Å². The average molecular weight is 273 g/mol. The molecule has 1 aromatic rings. The molecule has 0 aromatic carbocycles. The van der Waals surface area contributed by atoms with Crippen molar-refractivity contribution in [1.29, 1.82) is 0 Å². The molecule has 0 amide bonds. The number of carbonyl (C=O) groups is 1. The monoisotopic (exact) mass is 273 g/mol. The Kier molecular flexibility index (Phi) is 4.41. The molecule has 7 heteroatoms. The number of anilines is 1. The van der Waals surface area contributed by atoms with Crippen LogP contribution >= 0.6 is 0 Å². The van der Waals surface area contributed by atoms with E-state index in [1.54, 1.807) is 0 Å². The Morgan fingerprint density at radius 1 is 1.63 bits per heavy atom. The van der Waals surface area contributed by atoms with Crippen molar-refractivity contribution >= 4 is 11.7 Å². The molecule has 1 aromatic heterocycles. The smallest absolute Gasteiger partial charge is 0.356 e. The molecule has 1 saturated heterocycles. The van der Waals surface area contributed by atoms with Crippen LogP contribution in [-0.4, -0.2) is 30.5 Å². The van der Waals surface area contributed by atoms with Gasteiger partial charge in [0.1, 0.15) is 5.69 Å². The summed E-state index contributed by atoms with van der Waals surface area (Å²) in [6.45, 7) is -0.396. The van der Waals surface area contributed by atoms with Crippen LogP contribution in [0.2, 0.25) is 0 Å². The number of rotatable bonds is 2. The molecular formula is C12H17F2N3O2. The van der Waals surface area contributed by atoms with Crippen molar-refractivity contribution in [3.63, 3.8) is 0 Å². The first kappa shape index (κ1) is 15.3. The molecule has 0 aliphatic carbocycles. The maximum Gasteiger partial charge on any atom is 0.356 e. The Morgan fingerprint density at radius 3 is 2.84 bits per heavy atom. The van der Waals surface area contributed by atoms with Gasteiger partial charge in [0, 0.05) is 12.5 Å². The van der Waals surface area contributed by atoms with E-state index in [1.807, 2.05) is 0 Å². The first-order valence-corrected chi connectivity index (χ1v) is 5.38. The molecule has 19 heavy (non-hydrogen) atoms. The normalized spacial score (nSPS) is 20.7. The van der Waals surface area contributed by atoms with Crippen LogP contribution in [0.1, 0.15) is 35.9 Å². The fraction of sp³-hybridized carbons (Fsp3) is 0.500. The Bertz CT molecular complexity index is 480. The number of esters is 1. The fourth-order valence-corrected chi connectivity index (χ4v) is 1.93. The second-order valence-corrected chi connectivity index (χ2v) is 4.18. The molecule has 0 saturated carbocycles. The molecule has 1 atom stereocenters. The second-order valence-electron chi connectivity index (χ2n) is 4.18. The number of alkyl halides is 2. The van der Waals surface area contributed by atoms with Crippen molar-refractivity contribution in [1.82, 2.24) is 10.3 Å². The number of aromatic nitrogens is 1. The number of carbonyl (C=O) groups excluding carboxylic acids is 1. The van der Waals surface area contributed by atoms with Crippen LogP contribution in [0.5, 0.6) is 0 Å². The van der Waals surface area contributed by atoms with E-state index in [-0.39, 0.29) is 25.2 Å². The molecule has 5 nitrogen and oxygen atoms in total. The SMILES string of the molecule is C.COC(=O)c1cc(C2CC(F)(F)CN2)c(N)cn1. The van der Waals surface area contributed by atoms with Gasteiger partial charge in [-0.1, -0.05) is 7.43 Å². The van der Waals surface area contributed by atoms with Crippen LogP contribution in [0.15, 0.2) is 12.3 Å². The van der Waals surface area contributed by atoms with Gasteiger partial charge in [-0.15, -0.1) is 0 Å². The lowest BCUT2D eigenvalue weighted by molar-refractivity contribution is 0.0210. The van der Waals surface area contributed by atoms with Gasteiger partial charge in [0.15, 0.2) is 0 Å². The summed E-state index contributed by atoms with van der Waals surface area (Å²) >= 11 is 0. The fourth-order valence-electron chi connectivity index (χ4n) is 1.93. The van der Waals surface area contributed by atoms with Gasteiger partial charge in [-0.2, -0.15) is 0 Å². The maximum absolute atomic E-state index is 13.1. The molecule has 3 N–H and O–H groups in total. The lowest BCUT2D eigenvalue weighted by Crippen LogP contribution is -2.20. The molecule has 1 aliphatic rings. The van der Waals surface area contributed by atoms with Gasteiger partial charge in [-0.25, -0.2) is 18.6 Å². The van der Waals surface area contributed by atoms with E-state index in [0.29, 0.717) is 5.56 Å². The summed E-state index contributed by atoms with van der Waals surface area (Å²) in [6.07, 6.45) is 0.932. The standard InChI is InChI=1S/C11H13F2N3O2.CH4/c1-18-10(17)8-2-6(7(14)4-15-8)9-3-11(12,13)5-16-9;/h2,4,9,16H,3,5,14H2,1H3;1H4. The minimum Gasteiger partial charge on any atom is -0.464 e. The molecule has 106 valence electrons. The number of hydrogen-bond donors (Lipinski definition) is 2. The zero-order chi connectivity index (χ0) is 13.3. The van der Waals surface area contributed by atoms with Crippen LogP contribution in [0.3, 0.4) is 0 Å². The molecule has 0 spiro atoms. The molecule has 0 radical (unpaired) electrons. The van der Waals surface area contributed by atoms with Crippen LogP contribution in [-0.2, 0) is 4.74 Å². The van der Waals surface area contributed by atoms with Gasteiger partial charge in [0.2, 0.25) is 0 Å². The summed E-state index contributed by atoms with van der Waals surface area (Å²) in [6, 6.07) is 0.812. The van der Waals surface area contributed by atoms with Crippen molar-refractivity contribution in [3.05, 3.63) is 23.5 Å². The molecule has 1 unspecified atom stereocenters. The van der Waals surface area contributed by atoms with Gasteiger partial charge in [-0.3, -0.25) is 0 Å². The molecule has 0 bridgehead atoms. The van der Waals surface area contributed by atoms with Crippen LogP contribution in [0.4, 0.5) is 14.5 Å². The van der Waals surface area contributed by atoms with Crippen LogP contribution < -0.4 is 11.1 Å². The highest BCUT2D eigenvalue weighted by molar-refractivity contribution is 5.87. The number of halogens is 2. The van der Waals surface area contributed by atoms with Gasteiger partial charge in [-0.05, 0) is 11.6 Å². The lowest BCUT2D eigenvalue weighted by atomic mass is 10.0. The minimum absolute atomic E-state index is 0. The van der Waals surface area contributed by atoms with Crippen LogP contribution in [0.25, 0.3) is 0 Å². The predicted molar refractivity (Wildman–Crippen MR) is 67.0 cm³/mol. The van der Waals surface area contributed by atoms with E-state index in [2.05, 4.69) is 15.0 Å². The Labute approximate surface area is 110 Å². The average Bonchev–Trinajstić information content (AvgIpc) is 2.69. The van der Waals surface area contributed by atoms with E-state index in [9.17, 15) is 13.6 Å². The number of ether oxygens (including phenoxy) is 1. The maximum atomic E-state index is 13.1. The van der Waals surface area contributed by atoms with Crippen molar-refractivity contribution < 1.29 is 18.3 Å². The first-order valence-electron chi connectivity index (χ1n) is 5.38. The van der Waals surface area contributed by atoms with E-state index >= 15 is 0 Å². The van der Waals surface area contributed by atoms with Crippen molar-refractivity contribution in [2.24, 2.45) is 0 Å². The number of pyridine rings is 1. The first-order chi connectivity index (χ1) is 8.43. The third-order valence-corrected chi connectivity index (χ3v) is 2.85. The Hall–Kier alpha value is -1.76. The second kappa shape index (κ2) is 5.48. The summed E-state index contributed by atoms with van der Waals surface area (Å²) in [5.41, 5.74) is 6.48. The zero-order valence-corrected chi connectivity index (χ0v) is 9.74. The molecule has 1 aliphatic heterocycles. The van der Waals surface area contributed by atoms with Crippen molar-refractivity contribution in [2.75, 3.05) is 19.4 Å². The summed E-state index contributed by atoms with van der Waals surface area (Å²) in [5.74, 6) is -3.38. The number of hydrogen-bond acceptors (Lipinski definition) is 5. The molecule has 2 heterocycles. The highest BCUT2D eigenvalue weighted by Gasteiger charge is 2.40. The summed E-state index contributed by atoms with van der Waals surface area (Å²) in [4.78, 5) is 15.1. The predicted octanol–water partition coefficient (Wildman–Crippen LogP) is 1.76. The number of nitrogens with zero attached hydrogens (tertiary/aromatic N) is 1. The Morgan fingerprint density at radius 2 is 2.32 bits per heavy atom. The largest absolute Gasteiger partial charge is 0.464 e. The number of nitrogens with one attached hydrogen (secondary N) is 1. The third-order valence-electron chi connectivity index (χ3n) is 2.85. The highest BCUT2D eigenvalue weighted by atomic mass is 19.3. The van der Waals surface area contributed by atoms with E-state index in [0.717, 1.165) is 0 Å². The van der Waals surface area contributed by atoms with E-state index < -0.39 is 24.5 Å². The number of methoxy groups -OCH3 is 1. The van der Waals surface area contributed by atoms with Crippen molar-refractivity contribution in [3.8, 4) is 0 Å². The number of nitrogen functional groups attached to an aromatic ring is 1. The van der Waals surface area contributed by atoms with Crippen molar-refractivity contribution in [2.45, 2.75) is 25.8 Å². The minimum atomic E-state index is -2.76. The Balaban J connectivity index is 0.00000180. The number of nitrogens with two attached hydrogens (primary N) is 1. The molecular weight excluding hydrogens is 256 g/mol. The quantitative estimate of drug-likeness (QED) is 0.803.